The lowest BCUT2D eigenvalue weighted by molar-refractivity contribution is -0.120. The highest BCUT2D eigenvalue weighted by Crippen LogP contribution is 2.36. The summed E-state index contributed by atoms with van der Waals surface area (Å²) in [6.45, 7) is 5.00. The molecule has 0 spiro atoms. The van der Waals surface area contributed by atoms with Crippen LogP contribution in [0.3, 0.4) is 0 Å². The first-order chi connectivity index (χ1) is 6.74. The molecule has 1 aromatic rings. The van der Waals surface area contributed by atoms with Gasteiger partial charge in [0.05, 0.1) is 0 Å². The van der Waals surface area contributed by atoms with E-state index in [4.69, 9.17) is 0 Å². The number of aromatic nitrogens is 2. The molecular formula is C11H16N2O. The van der Waals surface area contributed by atoms with Gasteiger partial charge in [-0.15, -0.1) is 0 Å². The van der Waals surface area contributed by atoms with Crippen molar-refractivity contribution in [2.24, 2.45) is 5.92 Å². The van der Waals surface area contributed by atoms with Crippen LogP contribution in [0.1, 0.15) is 38.3 Å². The Kier molecular flexibility index (Phi) is 2.40. The van der Waals surface area contributed by atoms with E-state index in [1.807, 2.05) is 23.9 Å². The molecule has 1 aromatic heterocycles. The van der Waals surface area contributed by atoms with Gasteiger partial charge < -0.3 is 0 Å². The molecule has 76 valence electrons. The highest BCUT2D eigenvalue weighted by atomic mass is 16.1. The summed E-state index contributed by atoms with van der Waals surface area (Å²) in [6.07, 6.45) is 3.56. The predicted molar refractivity (Wildman–Crippen MR) is 54.0 cm³/mol. The molecule has 3 heteroatoms. The summed E-state index contributed by atoms with van der Waals surface area (Å²) in [5, 5.41) is 4.24. The first-order valence-corrected chi connectivity index (χ1v) is 5.28. The van der Waals surface area contributed by atoms with Crippen LogP contribution >= 0.6 is 0 Å². The van der Waals surface area contributed by atoms with Crippen LogP contribution in [-0.2, 0) is 11.3 Å². The molecule has 1 aliphatic rings. The SMILES string of the molecule is CCn1nccc1C1CCC(=O)C1C. The predicted octanol–water partition coefficient (Wildman–Crippen LogP) is 1.99. The Morgan fingerprint density at radius 2 is 2.43 bits per heavy atom. The number of carbonyl (C=O) groups excluding carboxylic acids is 1. The zero-order valence-corrected chi connectivity index (χ0v) is 8.73. The maximum Gasteiger partial charge on any atom is 0.136 e. The fraction of sp³-hybridized carbons (Fsp3) is 0.636. The molecule has 14 heavy (non-hydrogen) atoms. The van der Waals surface area contributed by atoms with Crippen molar-refractivity contribution in [1.29, 1.82) is 0 Å². The van der Waals surface area contributed by atoms with Crippen LogP contribution in [-0.4, -0.2) is 15.6 Å². The van der Waals surface area contributed by atoms with Crippen molar-refractivity contribution in [2.45, 2.75) is 39.2 Å². The van der Waals surface area contributed by atoms with Crippen LogP contribution < -0.4 is 0 Å². The van der Waals surface area contributed by atoms with Crippen LogP contribution in [0.5, 0.6) is 0 Å². The largest absolute Gasteiger partial charge is 0.299 e. The van der Waals surface area contributed by atoms with Gasteiger partial charge in [-0.1, -0.05) is 6.92 Å². The van der Waals surface area contributed by atoms with E-state index in [9.17, 15) is 4.79 Å². The zero-order chi connectivity index (χ0) is 10.1. The Balaban J connectivity index is 2.27. The Labute approximate surface area is 84.1 Å². The van der Waals surface area contributed by atoms with Gasteiger partial charge in [0.2, 0.25) is 0 Å². The average Bonchev–Trinajstić information content (AvgIpc) is 2.75. The summed E-state index contributed by atoms with van der Waals surface area (Å²) < 4.78 is 2.00. The maximum atomic E-state index is 11.4. The van der Waals surface area contributed by atoms with Crippen LogP contribution in [0.2, 0.25) is 0 Å². The second-order valence-corrected chi connectivity index (χ2v) is 3.97. The number of hydrogen-bond donors (Lipinski definition) is 0. The van der Waals surface area contributed by atoms with E-state index in [0.717, 1.165) is 19.4 Å². The number of aryl methyl sites for hydroxylation is 1. The van der Waals surface area contributed by atoms with Gasteiger partial charge in [-0.25, -0.2) is 0 Å². The van der Waals surface area contributed by atoms with Gasteiger partial charge >= 0.3 is 0 Å². The summed E-state index contributed by atoms with van der Waals surface area (Å²) in [5.74, 6) is 0.973. The first kappa shape index (κ1) is 9.44. The number of ketones is 1. The van der Waals surface area contributed by atoms with E-state index >= 15 is 0 Å². The lowest BCUT2D eigenvalue weighted by Crippen LogP contribution is -2.13. The lowest BCUT2D eigenvalue weighted by atomic mass is 9.94. The van der Waals surface area contributed by atoms with Crippen molar-refractivity contribution in [3.63, 3.8) is 0 Å². The van der Waals surface area contributed by atoms with E-state index in [1.165, 1.54) is 5.69 Å². The molecule has 3 nitrogen and oxygen atoms in total. The Morgan fingerprint density at radius 1 is 1.64 bits per heavy atom. The van der Waals surface area contributed by atoms with Gasteiger partial charge in [0.1, 0.15) is 5.78 Å². The Bertz CT molecular complexity index is 343. The van der Waals surface area contributed by atoms with Crippen molar-refractivity contribution in [3.8, 4) is 0 Å². The minimum Gasteiger partial charge on any atom is -0.299 e. The molecule has 1 saturated carbocycles. The van der Waals surface area contributed by atoms with E-state index < -0.39 is 0 Å². The molecule has 0 saturated heterocycles. The van der Waals surface area contributed by atoms with E-state index in [-0.39, 0.29) is 5.92 Å². The summed E-state index contributed by atoms with van der Waals surface area (Å²) in [6, 6.07) is 2.04. The first-order valence-electron chi connectivity index (χ1n) is 5.28. The van der Waals surface area contributed by atoms with E-state index in [0.29, 0.717) is 11.7 Å². The van der Waals surface area contributed by atoms with E-state index in [1.54, 1.807) is 0 Å². The molecule has 0 radical (unpaired) electrons. The summed E-state index contributed by atoms with van der Waals surface area (Å²) >= 11 is 0. The lowest BCUT2D eigenvalue weighted by Gasteiger charge is -2.15. The van der Waals surface area contributed by atoms with Gasteiger partial charge in [-0.3, -0.25) is 9.48 Å². The smallest absolute Gasteiger partial charge is 0.136 e. The van der Waals surface area contributed by atoms with Gasteiger partial charge in [0.25, 0.3) is 0 Å². The van der Waals surface area contributed by atoms with Crippen molar-refractivity contribution < 1.29 is 4.79 Å². The molecule has 1 fully saturated rings. The number of hydrogen-bond acceptors (Lipinski definition) is 2. The van der Waals surface area contributed by atoms with E-state index in [2.05, 4.69) is 12.0 Å². The number of rotatable bonds is 2. The molecule has 2 atom stereocenters. The van der Waals surface area contributed by atoms with Crippen molar-refractivity contribution in [1.82, 2.24) is 9.78 Å². The highest BCUT2D eigenvalue weighted by molar-refractivity contribution is 5.83. The zero-order valence-electron chi connectivity index (χ0n) is 8.73. The van der Waals surface area contributed by atoms with Crippen molar-refractivity contribution >= 4 is 5.78 Å². The molecule has 2 unspecified atom stereocenters. The fourth-order valence-corrected chi connectivity index (χ4v) is 2.33. The summed E-state index contributed by atoms with van der Waals surface area (Å²) in [4.78, 5) is 11.4. The van der Waals surface area contributed by atoms with Crippen molar-refractivity contribution in [2.75, 3.05) is 0 Å². The highest BCUT2D eigenvalue weighted by Gasteiger charge is 2.33. The second-order valence-electron chi connectivity index (χ2n) is 3.97. The normalized spacial score (nSPS) is 27.1. The van der Waals surface area contributed by atoms with Gasteiger partial charge in [-0.05, 0) is 19.4 Å². The topological polar surface area (TPSA) is 34.9 Å². The van der Waals surface area contributed by atoms with Gasteiger partial charge in [-0.2, -0.15) is 5.10 Å². The van der Waals surface area contributed by atoms with Crippen molar-refractivity contribution in [3.05, 3.63) is 18.0 Å². The number of carbonyl (C=O) groups is 1. The average molecular weight is 192 g/mol. The minimum atomic E-state index is 0.178. The number of Topliss-reactive ketones (excluding diaryl/α,β-unsaturated/α-hetero) is 1. The van der Waals surface area contributed by atoms with Crippen LogP contribution in [0.15, 0.2) is 12.3 Å². The molecule has 1 aliphatic carbocycles. The molecular weight excluding hydrogens is 176 g/mol. The molecule has 0 bridgehead atoms. The third-order valence-electron chi connectivity index (χ3n) is 3.24. The molecule has 2 rings (SSSR count). The number of nitrogens with zero attached hydrogens (tertiary/aromatic N) is 2. The van der Waals surface area contributed by atoms with Crippen LogP contribution in [0, 0.1) is 5.92 Å². The molecule has 0 N–H and O–H groups in total. The van der Waals surface area contributed by atoms with Gasteiger partial charge in [0.15, 0.2) is 0 Å². The Morgan fingerprint density at radius 3 is 3.00 bits per heavy atom. The molecule has 0 aliphatic heterocycles. The second kappa shape index (κ2) is 3.56. The third-order valence-corrected chi connectivity index (χ3v) is 3.24. The minimum absolute atomic E-state index is 0.178. The van der Waals surface area contributed by atoms with Crippen LogP contribution in [0.4, 0.5) is 0 Å². The summed E-state index contributed by atoms with van der Waals surface area (Å²) in [5.41, 5.74) is 1.23. The summed E-state index contributed by atoms with van der Waals surface area (Å²) in [7, 11) is 0. The molecule has 0 amide bonds. The monoisotopic (exact) mass is 192 g/mol. The molecule has 1 heterocycles. The molecule has 0 aromatic carbocycles. The fourth-order valence-electron chi connectivity index (χ4n) is 2.33. The third kappa shape index (κ3) is 1.37. The maximum absolute atomic E-state index is 11.4. The van der Waals surface area contributed by atoms with Crippen LogP contribution in [0.25, 0.3) is 0 Å². The standard InChI is InChI=1S/C11H16N2O/c1-3-13-10(6-7-12-13)9-4-5-11(14)8(9)2/h6-9H,3-5H2,1-2H3. The Hall–Kier alpha value is -1.12. The quantitative estimate of drug-likeness (QED) is 0.718. The van der Waals surface area contributed by atoms with Gasteiger partial charge in [0, 0.05) is 36.7 Å².